The zero-order chi connectivity index (χ0) is 12.9. The molecule has 4 fully saturated rings. The maximum Gasteiger partial charge on any atom is 0.317 e. The van der Waals surface area contributed by atoms with Crippen molar-refractivity contribution in [1.82, 2.24) is 25.3 Å². The van der Waals surface area contributed by atoms with Crippen molar-refractivity contribution in [1.29, 1.82) is 0 Å². The van der Waals surface area contributed by atoms with Gasteiger partial charge in [0.25, 0.3) is 0 Å². The summed E-state index contributed by atoms with van der Waals surface area (Å²) < 4.78 is 0. The van der Waals surface area contributed by atoms with Crippen LogP contribution in [0, 0.1) is 5.92 Å². The van der Waals surface area contributed by atoms with Crippen molar-refractivity contribution in [2.45, 2.75) is 32.6 Å². The lowest BCUT2D eigenvalue weighted by atomic mass is 10.00. The van der Waals surface area contributed by atoms with Gasteiger partial charge in [-0.05, 0) is 26.7 Å². The fourth-order valence-electron chi connectivity index (χ4n) is 3.25. The quantitative estimate of drug-likeness (QED) is 0.682. The van der Waals surface area contributed by atoms with Crippen LogP contribution in [0.2, 0.25) is 0 Å². The summed E-state index contributed by atoms with van der Waals surface area (Å²) in [5.41, 5.74) is -0.190. The van der Waals surface area contributed by atoms with Crippen LogP contribution in [0.3, 0.4) is 0 Å². The lowest BCUT2D eigenvalue weighted by Crippen LogP contribution is -2.76. The van der Waals surface area contributed by atoms with Gasteiger partial charge in [-0.2, -0.15) is 0 Å². The highest BCUT2D eigenvalue weighted by molar-refractivity contribution is 5.74. The van der Waals surface area contributed by atoms with Crippen LogP contribution in [0.15, 0.2) is 0 Å². The van der Waals surface area contributed by atoms with Crippen LogP contribution in [0.25, 0.3) is 0 Å². The molecule has 4 aliphatic rings. The third-order valence-electron chi connectivity index (χ3n) is 3.71. The minimum absolute atomic E-state index is 0.0696. The van der Waals surface area contributed by atoms with E-state index in [-0.39, 0.29) is 17.9 Å². The molecule has 4 aliphatic heterocycles. The molecule has 2 N–H and O–H groups in total. The summed E-state index contributed by atoms with van der Waals surface area (Å²) in [4.78, 5) is 19.1. The lowest BCUT2D eigenvalue weighted by molar-refractivity contribution is -0.180. The van der Waals surface area contributed by atoms with Crippen molar-refractivity contribution in [3.8, 4) is 0 Å². The average molecular weight is 253 g/mol. The fraction of sp³-hybridized carbons (Fsp3) is 0.917. The number of carbonyl (C=O) groups is 1. The third-order valence-corrected chi connectivity index (χ3v) is 3.71. The normalized spacial score (nSPS) is 41.8. The van der Waals surface area contributed by atoms with Gasteiger partial charge in [0.15, 0.2) is 0 Å². The second-order valence-corrected chi connectivity index (χ2v) is 6.77. The van der Waals surface area contributed by atoms with Crippen LogP contribution in [0.4, 0.5) is 4.79 Å². The number of urea groups is 1. The summed E-state index contributed by atoms with van der Waals surface area (Å²) >= 11 is 0. The van der Waals surface area contributed by atoms with Crippen molar-refractivity contribution in [2.75, 3.05) is 33.0 Å². The number of nitrogens with zero attached hydrogens (tertiary/aromatic N) is 3. The zero-order valence-corrected chi connectivity index (χ0v) is 11.4. The third kappa shape index (κ3) is 2.32. The number of hydrogen-bond donors (Lipinski definition) is 2. The van der Waals surface area contributed by atoms with Gasteiger partial charge in [-0.15, -0.1) is 0 Å². The monoisotopic (exact) mass is 253 g/mol. The molecule has 2 unspecified atom stereocenters. The van der Waals surface area contributed by atoms with E-state index in [1.54, 1.807) is 0 Å². The molecule has 18 heavy (non-hydrogen) atoms. The highest BCUT2D eigenvalue weighted by atomic mass is 16.2. The van der Waals surface area contributed by atoms with Gasteiger partial charge < -0.3 is 10.6 Å². The second-order valence-electron chi connectivity index (χ2n) is 6.77. The molecule has 6 heteroatoms. The van der Waals surface area contributed by atoms with Crippen LogP contribution in [-0.4, -0.2) is 65.5 Å². The molecule has 0 saturated carbocycles. The summed E-state index contributed by atoms with van der Waals surface area (Å²) in [6.07, 6.45) is 0.0696. The molecule has 0 aromatic heterocycles. The first kappa shape index (κ1) is 12.2. The van der Waals surface area contributed by atoms with Gasteiger partial charge in [-0.3, -0.25) is 14.7 Å². The first-order valence-corrected chi connectivity index (χ1v) is 6.70. The van der Waals surface area contributed by atoms with Gasteiger partial charge in [0.05, 0.1) is 13.3 Å². The number of nitrogens with one attached hydrogen (secondary N) is 2. The lowest BCUT2D eigenvalue weighted by Gasteiger charge is -2.59. The van der Waals surface area contributed by atoms with Crippen molar-refractivity contribution in [3.63, 3.8) is 0 Å². The molecule has 0 aliphatic carbocycles. The van der Waals surface area contributed by atoms with Crippen LogP contribution in [0.5, 0.6) is 0 Å². The summed E-state index contributed by atoms with van der Waals surface area (Å²) in [5.74, 6) is 0.747. The van der Waals surface area contributed by atoms with E-state index >= 15 is 0 Å². The molecular weight excluding hydrogens is 230 g/mol. The Morgan fingerprint density at radius 2 is 1.72 bits per heavy atom. The molecule has 2 atom stereocenters. The highest BCUT2D eigenvalue weighted by Gasteiger charge is 2.45. The minimum Gasteiger partial charge on any atom is -0.333 e. The van der Waals surface area contributed by atoms with E-state index < -0.39 is 0 Å². The molecule has 0 aromatic rings. The molecule has 4 heterocycles. The summed E-state index contributed by atoms with van der Waals surface area (Å²) in [6.45, 7) is 11.4. The molecule has 4 rings (SSSR count). The predicted molar refractivity (Wildman–Crippen MR) is 68.6 cm³/mol. The van der Waals surface area contributed by atoms with Crippen molar-refractivity contribution in [2.24, 2.45) is 5.92 Å². The molecule has 0 radical (unpaired) electrons. The Hall–Kier alpha value is -0.850. The smallest absolute Gasteiger partial charge is 0.317 e. The SMILES string of the molecule is CC(C)(C)NC(=O)NC1N2CC3CN(C2)CN1C3. The molecule has 6 nitrogen and oxygen atoms in total. The van der Waals surface area contributed by atoms with E-state index in [2.05, 4.69) is 25.3 Å². The van der Waals surface area contributed by atoms with Crippen molar-refractivity contribution in [3.05, 3.63) is 0 Å². The van der Waals surface area contributed by atoms with Crippen LogP contribution >= 0.6 is 0 Å². The molecule has 4 bridgehead atoms. The zero-order valence-electron chi connectivity index (χ0n) is 11.4. The van der Waals surface area contributed by atoms with Crippen LogP contribution in [0.1, 0.15) is 20.8 Å². The van der Waals surface area contributed by atoms with E-state index in [0.29, 0.717) is 0 Å². The molecular formula is C12H23N5O. The van der Waals surface area contributed by atoms with E-state index in [1.807, 2.05) is 20.8 Å². The summed E-state index contributed by atoms with van der Waals surface area (Å²) in [5, 5.41) is 6.05. The Morgan fingerprint density at radius 3 is 2.22 bits per heavy atom. The number of hydrogen-bond acceptors (Lipinski definition) is 4. The molecule has 102 valence electrons. The van der Waals surface area contributed by atoms with Gasteiger partial charge in [-0.1, -0.05) is 0 Å². The fourth-order valence-corrected chi connectivity index (χ4v) is 3.25. The Balaban J connectivity index is 1.62. The number of amides is 2. The topological polar surface area (TPSA) is 50.9 Å². The van der Waals surface area contributed by atoms with Gasteiger partial charge in [0.1, 0.15) is 6.29 Å². The maximum atomic E-state index is 12.0. The van der Waals surface area contributed by atoms with Crippen LogP contribution < -0.4 is 10.6 Å². The van der Waals surface area contributed by atoms with Gasteiger partial charge in [0.2, 0.25) is 0 Å². The molecule has 0 aromatic carbocycles. The van der Waals surface area contributed by atoms with Crippen LogP contribution in [-0.2, 0) is 0 Å². The minimum atomic E-state index is -0.190. The summed E-state index contributed by atoms with van der Waals surface area (Å²) in [6, 6.07) is -0.0741. The Bertz CT molecular complexity index is 323. The Kier molecular flexibility index (Phi) is 2.76. The summed E-state index contributed by atoms with van der Waals surface area (Å²) in [7, 11) is 0. The first-order valence-electron chi connectivity index (χ1n) is 6.70. The standard InChI is InChI=1S/C12H23N5O/c1-12(2,3)14-10(18)13-11-16-5-9-4-15(7-16)8-17(11)6-9/h9,11H,4-8H2,1-3H3,(H2,13,14,18). The average Bonchev–Trinajstić information content (AvgIpc) is 2.19. The highest BCUT2D eigenvalue weighted by Crippen LogP contribution is 2.28. The molecule has 4 saturated heterocycles. The molecule has 0 spiro atoms. The van der Waals surface area contributed by atoms with Crippen molar-refractivity contribution < 1.29 is 4.79 Å². The van der Waals surface area contributed by atoms with E-state index in [1.165, 1.54) is 6.54 Å². The molecule has 2 amide bonds. The van der Waals surface area contributed by atoms with E-state index in [4.69, 9.17) is 0 Å². The van der Waals surface area contributed by atoms with Gasteiger partial charge >= 0.3 is 6.03 Å². The first-order chi connectivity index (χ1) is 8.40. The van der Waals surface area contributed by atoms with Gasteiger partial charge in [0, 0.05) is 25.2 Å². The predicted octanol–water partition coefficient (Wildman–Crippen LogP) is -0.154. The Labute approximate surface area is 108 Å². The second kappa shape index (κ2) is 4.08. The maximum absolute atomic E-state index is 12.0. The Morgan fingerprint density at radius 1 is 1.11 bits per heavy atom. The largest absolute Gasteiger partial charge is 0.333 e. The number of rotatable bonds is 1. The number of carbonyl (C=O) groups excluding carboxylic acids is 1. The van der Waals surface area contributed by atoms with Crippen molar-refractivity contribution >= 4 is 6.03 Å². The van der Waals surface area contributed by atoms with E-state index in [0.717, 1.165) is 32.3 Å². The van der Waals surface area contributed by atoms with E-state index in [9.17, 15) is 4.79 Å². The van der Waals surface area contributed by atoms with Gasteiger partial charge in [-0.25, -0.2) is 4.79 Å².